The van der Waals surface area contributed by atoms with Crippen LogP contribution < -0.4 is 5.32 Å². The normalized spacial score (nSPS) is 17.9. The van der Waals surface area contributed by atoms with Crippen LogP contribution >= 0.6 is 0 Å². The third kappa shape index (κ3) is 2.79. The molecule has 1 aliphatic heterocycles. The van der Waals surface area contributed by atoms with Gasteiger partial charge in [-0.25, -0.2) is 0 Å². The van der Waals surface area contributed by atoms with E-state index in [1.54, 1.807) is 0 Å². The Morgan fingerprint density at radius 1 is 1.50 bits per heavy atom. The summed E-state index contributed by atoms with van der Waals surface area (Å²) in [6, 6.07) is 0. The predicted octanol–water partition coefficient (Wildman–Crippen LogP) is -0.545. The number of nitrogens with zero attached hydrogens (tertiary/aromatic N) is 1. The van der Waals surface area contributed by atoms with Crippen molar-refractivity contribution in [2.24, 2.45) is 0 Å². The molecule has 4 heteroatoms. The SMILES string of the molecule is CNCCC(=O)N1CCOCC1. The monoisotopic (exact) mass is 172 g/mol. The molecule has 1 aliphatic rings. The lowest BCUT2D eigenvalue weighted by atomic mass is 10.3. The van der Waals surface area contributed by atoms with Gasteiger partial charge in [0.25, 0.3) is 0 Å². The Kier molecular flexibility index (Phi) is 4.04. The summed E-state index contributed by atoms with van der Waals surface area (Å²) in [5.41, 5.74) is 0. The molecule has 0 aromatic carbocycles. The molecule has 70 valence electrons. The number of morpholine rings is 1. The molecule has 0 aromatic rings. The molecule has 0 bridgehead atoms. The van der Waals surface area contributed by atoms with Crippen molar-refractivity contribution in [3.8, 4) is 0 Å². The zero-order valence-corrected chi connectivity index (χ0v) is 7.51. The first-order valence-electron chi connectivity index (χ1n) is 4.34. The molecule has 1 saturated heterocycles. The Morgan fingerprint density at radius 2 is 2.17 bits per heavy atom. The fraction of sp³-hybridized carbons (Fsp3) is 0.875. The highest BCUT2D eigenvalue weighted by atomic mass is 16.5. The molecule has 0 aromatic heterocycles. The zero-order chi connectivity index (χ0) is 8.81. The summed E-state index contributed by atoms with van der Waals surface area (Å²) in [5, 5.41) is 2.96. The van der Waals surface area contributed by atoms with Gasteiger partial charge in [-0.3, -0.25) is 4.79 Å². The summed E-state index contributed by atoms with van der Waals surface area (Å²) < 4.78 is 5.14. The fourth-order valence-electron chi connectivity index (χ4n) is 1.20. The molecule has 1 fully saturated rings. The lowest BCUT2D eigenvalue weighted by molar-refractivity contribution is -0.135. The molecule has 4 nitrogen and oxygen atoms in total. The minimum atomic E-state index is 0.229. The predicted molar refractivity (Wildman–Crippen MR) is 45.9 cm³/mol. The summed E-state index contributed by atoms with van der Waals surface area (Å²) >= 11 is 0. The summed E-state index contributed by atoms with van der Waals surface area (Å²) in [5.74, 6) is 0.229. The van der Waals surface area contributed by atoms with E-state index < -0.39 is 0 Å². The molecule has 1 rings (SSSR count). The van der Waals surface area contributed by atoms with Gasteiger partial charge in [0.1, 0.15) is 0 Å². The number of ether oxygens (including phenoxy) is 1. The Labute approximate surface area is 72.9 Å². The van der Waals surface area contributed by atoms with E-state index >= 15 is 0 Å². The van der Waals surface area contributed by atoms with Crippen LogP contribution in [0.2, 0.25) is 0 Å². The van der Waals surface area contributed by atoms with Crippen molar-refractivity contribution in [3.63, 3.8) is 0 Å². The van der Waals surface area contributed by atoms with E-state index in [2.05, 4.69) is 5.32 Å². The highest BCUT2D eigenvalue weighted by Crippen LogP contribution is 1.98. The van der Waals surface area contributed by atoms with Crippen LogP contribution in [-0.2, 0) is 9.53 Å². The number of hydrogen-bond acceptors (Lipinski definition) is 3. The lowest BCUT2D eigenvalue weighted by Gasteiger charge is -2.26. The first kappa shape index (κ1) is 9.48. The molecule has 1 heterocycles. The van der Waals surface area contributed by atoms with Gasteiger partial charge >= 0.3 is 0 Å². The van der Waals surface area contributed by atoms with E-state index in [-0.39, 0.29) is 5.91 Å². The molecular weight excluding hydrogens is 156 g/mol. The molecule has 1 N–H and O–H groups in total. The van der Waals surface area contributed by atoms with Crippen LogP contribution in [-0.4, -0.2) is 50.7 Å². The van der Waals surface area contributed by atoms with Gasteiger partial charge in [0.05, 0.1) is 13.2 Å². The van der Waals surface area contributed by atoms with Gasteiger partial charge in [-0.2, -0.15) is 0 Å². The number of carbonyl (C=O) groups excluding carboxylic acids is 1. The smallest absolute Gasteiger partial charge is 0.224 e. The number of hydrogen-bond donors (Lipinski definition) is 1. The fourth-order valence-corrected chi connectivity index (χ4v) is 1.20. The highest BCUT2D eigenvalue weighted by Gasteiger charge is 2.15. The largest absolute Gasteiger partial charge is 0.378 e. The van der Waals surface area contributed by atoms with E-state index in [0.29, 0.717) is 19.6 Å². The van der Waals surface area contributed by atoms with E-state index in [9.17, 15) is 4.79 Å². The van der Waals surface area contributed by atoms with Crippen molar-refractivity contribution in [3.05, 3.63) is 0 Å². The van der Waals surface area contributed by atoms with Crippen LogP contribution in [0.25, 0.3) is 0 Å². The maximum atomic E-state index is 11.4. The van der Waals surface area contributed by atoms with Crippen LogP contribution in [0.3, 0.4) is 0 Å². The maximum absolute atomic E-state index is 11.4. The third-order valence-electron chi connectivity index (χ3n) is 1.95. The summed E-state index contributed by atoms with van der Waals surface area (Å²) in [6.07, 6.45) is 0.594. The van der Waals surface area contributed by atoms with Crippen LogP contribution in [0.1, 0.15) is 6.42 Å². The first-order valence-corrected chi connectivity index (χ1v) is 4.34. The molecule has 1 amide bonds. The zero-order valence-electron chi connectivity index (χ0n) is 7.51. The number of carbonyl (C=O) groups is 1. The van der Waals surface area contributed by atoms with Gasteiger partial charge in [-0.1, -0.05) is 0 Å². The first-order chi connectivity index (χ1) is 5.84. The minimum absolute atomic E-state index is 0.229. The van der Waals surface area contributed by atoms with E-state index in [1.165, 1.54) is 0 Å². The number of amides is 1. The number of nitrogens with one attached hydrogen (secondary N) is 1. The van der Waals surface area contributed by atoms with Gasteiger partial charge in [-0.05, 0) is 7.05 Å². The maximum Gasteiger partial charge on any atom is 0.224 e. The van der Waals surface area contributed by atoms with Crippen LogP contribution in [0.5, 0.6) is 0 Å². The van der Waals surface area contributed by atoms with Gasteiger partial charge in [0, 0.05) is 26.1 Å². The molecule has 0 unspecified atom stereocenters. The van der Waals surface area contributed by atoms with Gasteiger partial charge in [-0.15, -0.1) is 0 Å². The molecule has 12 heavy (non-hydrogen) atoms. The van der Waals surface area contributed by atoms with Crippen molar-refractivity contribution in [1.82, 2.24) is 10.2 Å². The van der Waals surface area contributed by atoms with Gasteiger partial charge < -0.3 is 15.0 Å². The highest BCUT2D eigenvalue weighted by molar-refractivity contribution is 5.76. The summed E-state index contributed by atoms with van der Waals surface area (Å²) in [4.78, 5) is 13.2. The van der Waals surface area contributed by atoms with E-state index in [1.807, 2.05) is 11.9 Å². The number of rotatable bonds is 3. The Morgan fingerprint density at radius 3 is 2.75 bits per heavy atom. The lowest BCUT2D eigenvalue weighted by Crippen LogP contribution is -2.41. The van der Waals surface area contributed by atoms with Gasteiger partial charge in [0.2, 0.25) is 5.91 Å². The summed E-state index contributed by atoms with van der Waals surface area (Å²) in [7, 11) is 1.85. The van der Waals surface area contributed by atoms with Crippen molar-refractivity contribution in [2.45, 2.75) is 6.42 Å². The topological polar surface area (TPSA) is 41.6 Å². The van der Waals surface area contributed by atoms with Crippen molar-refractivity contribution >= 4 is 5.91 Å². The van der Waals surface area contributed by atoms with Crippen molar-refractivity contribution in [2.75, 3.05) is 39.9 Å². The van der Waals surface area contributed by atoms with Crippen molar-refractivity contribution in [1.29, 1.82) is 0 Å². The minimum Gasteiger partial charge on any atom is -0.378 e. The van der Waals surface area contributed by atoms with Crippen molar-refractivity contribution < 1.29 is 9.53 Å². The molecule has 0 atom stereocenters. The van der Waals surface area contributed by atoms with E-state index in [0.717, 1.165) is 19.6 Å². The Bertz CT molecular complexity index is 144. The summed E-state index contributed by atoms with van der Waals surface area (Å²) in [6.45, 7) is 3.64. The van der Waals surface area contributed by atoms with Gasteiger partial charge in [0.15, 0.2) is 0 Å². The third-order valence-corrected chi connectivity index (χ3v) is 1.95. The van der Waals surface area contributed by atoms with Crippen LogP contribution in [0.4, 0.5) is 0 Å². The van der Waals surface area contributed by atoms with Crippen LogP contribution in [0, 0.1) is 0 Å². The molecule has 0 aliphatic carbocycles. The molecule has 0 spiro atoms. The second-order valence-electron chi connectivity index (χ2n) is 2.85. The second kappa shape index (κ2) is 5.11. The molecular formula is C8H16N2O2. The average Bonchev–Trinajstić information content (AvgIpc) is 2.15. The van der Waals surface area contributed by atoms with Crippen LogP contribution in [0.15, 0.2) is 0 Å². The standard InChI is InChI=1S/C8H16N2O2/c1-9-3-2-8(11)10-4-6-12-7-5-10/h9H,2-7H2,1H3. The Hall–Kier alpha value is -0.610. The second-order valence-corrected chi connectivity index (χ2v) is 2.85. The molecule has 0 saturated carbocycles. The van der Waals surface area contributed by atoms with E-state index in [4.69, 9.17) is 4.74 Å². The quantitative estimate of drug-likeness (QED) is 0.621. The average molecular weight is 172 g/mol. The Balaban J connectivity index is 2.20. The molecule has 0 radical (unpaired) electrons.